The SMILES string of the molecule is Cc1ccc(C2SCCN2C(=O)c2cccc(Oc3ccc(F)cc3)c2)cc1. The molecule has 1 aliphatic rings. The largest absolute Gasteiger partial charge is 0.457 e. The van der Waals surface area contributed by atoms with E-state index < -0.39 is 0 Å². The monoisotopic (exact) mass is 393 g/mol. The van der Waals surface area contributed by atoms with E-state index in [2.05, 4.69) is 31.2 Å². The van der Waals surface area contributed by atoms with Gasteiger partial charge in [0, 0.05) is 17.9 Å². The lowest BCUT2D eigenvalue weighted by molar-refractivity contribution is 0.0760. The molecule has 28 heavy (non-hydrogen) atoms. The second-order valence-electron chi connectivity index (χ2n) is 6.72. The first-order chi connectivity index (χ1) is 13.6. The van der Waals surface area contributed by atoms with Gasteiger partial charge in [-0.1, -0.05) is 35.9 Å². The van der Waals surface area contributed by atoms with E-state index in [-0.39, 0.29) is 17.1 Å². The molecule has 1 amide bonds. The molecule has 1 fully saturated rings. The van der Waals surface area contributed by atoms with E-state index in [1.807, 2.05) is 4.90 Å². The molecule has 3 aromatic carbocycles. The molecule has 142 valence electrons. The van der Waals surface area contributed by atoms with E-state index in [4.69, 9.17) is 4.74 Å². The first-order valence-corrected chi connectivity index (χ1v) is 10.2. The Morgan fingerprint density at radius 1 is 1.04 bits per heavy atom. The van der Waals surface area contributed by atoms with Gasteiger partial charge in [0.15, 0.2) is 0 Å². The fraction of sp³-hybridized carbons (Fsp3) is 0.174. The highest BCUT2D eigenvalue weighted by atomic mass is 32.2. The van der Waals surface area contributed by atoms with Crippen LogP contribution in [0.1, 0.15) is 26.9 Å². The van der Waals surface area contributed by atoms with Crippen molar-refractivity contribution < 1.29 is 13.9 Å². The van der Waals surface area contributed by atoms with Gasteiger partial charge >= 0.3 is 0 Å². The standard InChI is InChI=1S/C23H20FNO2S/c1-16-5-7-17(8-6-16)23-25(13-14-28-23)22(26)18-3-2-4-21(15-18)27-20-11-9-19(24)10-12-20/h2-12,15,23H,13-14H2,1H3. The van der Waals surface area contributed by atoms with Crippen molar-refractivity contribution in [2.45, 2.75) is 12.3 Å². The Kier molecular flexibility index (Phi) is 5.35. The van der Waals surface area contributed by atoms with Gasteiger partial charge in [0.05, 0.1) is 0 Å². The highest BCUT2D eigenvalue weighted by molar-refractivity contribution is 7.99. The molecular formula is C23H20FNO2S. The maximum atomic E-state index is 13.2. The highest BCUT2D eigenvalue weighted by Gasteiger charge is 2.31. The van der Waals surface area contributed by atoms with Crippen LogP contribution in [-0.2, 0) is 0 Å². The summed E-state index contributed by atoms with van der Waals surface area (Å²) in [6, 6.07) is 21.3. The van der Waals surface area contributed by atoms with Crippen LogP contribution in [0.5, 0.6) is 11.5 Å². The van der Waals surface area contributed by atoms with E-state index in [1.54, 1.807) is 48.2 Å². The molecule has 0 radical (unpaired) electrons. The summed E-state index contributed by atoms with van der Waals surface area (Å²) in [5.41, 5.74) is 2.93. The molecule has 0 N–H and O–H groups in total. The minimum Gasteiger partial charge on any atom is -0.457 e. The lowest BCUT2D eigenvalue weighted by Crippen LogP contribution is -2.30. The zero-order valence-electron chi connectivity index (χ0n) is 15.5. The van der Waals surface area contributed by atoms with Gasteiger partial charge in [0.1, 0.15) is 22.7 Å². The average Bonchev–Trinajstić information content (AvgIpc) is 3.20. The molecule has 3 aromatic rings. The normalized spacial score (nSPS) is 16.2. The number of thioether (sulfide) groups is 1. The molecule has 3 nitrogen and oxygen atoms in total. The fourth-order valence-corrected chi connectivity index (χ4v) is 4.44. The van der Waals surface area contributed by atoms with Crippen molar-refractivity contribution in [1.29, 1.82) is 0 Å². The van der Waals surface area contributed by atoms with Gasteiger partial charge in [-0.3, -0.25) is 4.79 Å². The summed E-state index contributed by atoms with van der Waals surface area (Å²) in [6.45, 7) is 2.77. The highest BCUT2D eigenvalue weighted by Crippen LogP contribution is 2.39. The van der Waals surface area contributed by atoms with Gasteiger partial charge in [-0.25, -0.2) is 4.39 Å². The molecule has 1 saturated heterocycles. The number of amides is 1. The van der Waals surface area contributed by atoms with Gasteiger partial charge in [0.2, 0.25) is 0 Å². The Morgan fingerprint density at radius 3 is 2.54 bits per heavy atom. The van der Waals surface area contributed by atoms with Gasteiger partial charge in [-0.2, -0.15) is 0 Å². The number of nitrogens with zero attached hydrogens (tertiary/aromatic N) is 1. The van der Waals surface area contributed by atoms with Crippen LogP contribution in [0.4, 0.5) is 4.39 Å². The van der Waals surface area contributed by atoms with Gasteiger partial charge in [0.25, 0.3) is 5.91 Å². The molecule has 0 spiro atoms. The first-order valence-electron chi connectivity index (χ1n) is 9.13. The quantitative estimate of drug-likeness (QED) is 0.560. The van der Waals surface area contributed by atoms with Crippen molar-refractivity contribution in [1.82, 2.24) is 4.90 Å². The van der Waals surface area contributed by atoms with Crippen molar-refractivity contribution in [3.63, 3.8) is 0 Å². The number of aryl methyl sites for hydroxylation is 1. The number of hydrogen-bond acceptors (Lipinski definition) is 3. The van der Waals surface area contributed by atoms with E-state index in [9.17, 15) is 9.18 Å². The Labute approximate surface area is 168 Å². The second-order valence-corrected chi connectivity index (χ2v) is 7.90. The lowest BCUT2D eigenvalue weighted by Gasteiger charge is -2.24. The molecule has 0 aromatic heterocycles. The van der Waals surface area contributed by atoms with Gasteiger partial charge < -0.3 is 9.64 Å². The summed E-state index contributed by atoms with van der Waals surface area (Å²) in [5.74, 6) is 1.66. The van der Waals surface area contributed by atoms with Gasteiger partial charge in [-0.15, -0.1) is 11.8 Å². The number of ether oxygens (including phenoxy) is 1. The molecule has 1 atom stereocenters. The van der Waals surface area contributed by atoms with E-state index in [1.165, 1.54) is 17.7 Å². The minimum atomic E-state index is -0.315. The van der Waals surface area contributed by atoms with Crippen molar-refractivity contribution >= 4 is 17.7 Å². The van der Waals surface area contributed by atoms with Crippen LogP contribution >= 0.6 is 11.8 Å². The Bertz CT molecular complexity index is 973. The van der Waals surface area contributed by atoms with Crippen molar-refractivity contribution in [2.24, 2.45) is 0 Å². The van der Waals surface area contributed by atoms with E-state index in [0.29, 0.717) is 23.6 Å². The zero-order chi connectivity index (χ0) is 19.5. The summed E-state index contributed by atoms with van der Waals surface area (Å²) in [5, 5.41) is 0.0229. The van der Waals surface area contributed by atoms with Crippen LogP contribution in [0.25, 0.3) is 0 Å². The maximum Gasteiger partial charge on any atom is 0.255 e. The zero-order valence-corrected chi connectivity index (χ0v) is 16.3. The summed E-state index contributed by atoms with van der Waals surface area (Å²) in [7, 11) is 0. The van der Waals surface area contributed by atoms with Crippen molar-refractivity contribution in [3.05, 3.63) is 95.3 Å². The average molecular weight is 393 g/mol. The lowest BCUT2D eigenvalue weighted by atomic mass is 10.1. The number of carbonyl (C=O) groups excluding carboxylic acids is 1. The number of hydrogen-bond donors (Lipinski definition) is 0. The third kappa shape index (κ3) is 4.04. The van der Waals surface area contributed by atoms with Crippen molar-refractivity contribution in [3.8, 4) is 11.5 Å². The summed E-state index contributed by atoms with van der Waals surface area (Å²) < 4.78 is 18.8. The topological polar surface area (TPSA) is 29.5 Å². The van der Waals surface area contributed by atoms with Crippen LogP contribution < -0.4 is 4.74 Å². The van der Waals surface area contributed by atoms with E-state index in [0.717, 1.165) is 11.3 Å². The van der Waals surface area contributed by atoms with Crippen LogP contribution in [0.3, 0.4) is 0 Å². The predicted octanol–water partition coefficient (Wildman–Crippen LogP) is 5.81. The van der Waals surface area contributed by atoms with Crippen LogP contribution in [-0.4, -0.2) is 23.1 Å². The molecule has 4 rings (SSSR count). The molecule has 1 unspecified atom stereocenters. The summed E-state index contributed by atoms with van der Waals surface area (Å²) in [6.07, 6.45) is 0. The predicted molar refractivity (Wildman–Crippen MR) is 110 cm³/mol. The first kappa shape index (κ1) is 18.6. The number of benzene rings is 3. The second kappa shape index (κ2) is 8.07. The molecule has 5 heteroatoms. The molecular weight excluding hydrogens is 373 g/mol. The van der Waals surface area contributed by atoms with Crippen LogP contribution in [0.15, 0.2) is 72.8 Å². The molecule has 0 saturated carbocycles. The van der Waals surface area contributed by atoms with Crippen LogP contribution in [0, 0.1) is 12.7 Å². The fourth-order valence-electron chi connectivity index (χ4n) is 3.18. The van der Waals surface area contributed by atoms with Crippen LogP contribution in [0.2, 0.25) is 0 Å². The summed E-state index contributed by atoms with van der Waals surface area (Å²) in [4.78, 5) is 15.1. The third-order valence-electron chi connectivity index (χ3n) is 4.64. The smallest absolute Gasteiger partial charge is 0.255 e. The minimum absolute atomic E-state index is 0.0138. The maximum absolute atomic E-state index is 13.2. The molecule has 1 heterocycles. The van der Waals surface area contributed by atoms with E-state index >= 15 is 0 Å². The number of rotatable bonds is 4. The Hall–Kier alpha value is -2.79. The summed E-state index contributed by atoms with van der Waals surface area (Å²) >= 11 is 1.78. The van der Waals surface area contributed by atoms with Crippen molar-refractivity contribution in [2.75, 3.05) is 12.3 Å². The Morgan fingerprint density at radius 2 is 1.79 bits per heavy atom. The van der Waals surface area contributed by atoms with Gasteiger partial charge in [-0.05, 0) is 55.0 Å². The molecule has 0 aliphatic carbocycles. The number of carbonyl (C=O) groups is 1. The number of halogens is 1. The molecule has 1 aliphatic heterocycles. The molecule has 0 bridgehead atoms. The Balaban J connectivity index is 1.54. The third-order valence-corrected chi connectivity index (χ3v) is 5.91.